The van der Waals surface area contributed by atoms with E-state index >= 15 is 0 Å². The number of aromatic nitrogens is 2. The first-order chi connectivity index (χ1) is 9.02. The molecule has 2 rings (SSSR count). The summed E-state index contributed by atoms with van der Waals surface area (Å²) in [6.07, 6.45) is 1.23. The summed E-state index contributed by atoms with van der Waals surface area (Å²) in [6.45, 7) is 1.64. The zero-order valence-electron chi connectivity index (χ0n) is 10.4. The van der Waals surface area contributed by atoms with Crippen molar-refractivity contribution in [2.24, 2.45) is 0 Å². The van der Waals surface area contributed by atoms with Crippen molar-refractivity contribution >= 4 is 11.8 Å². The molecule has 0 saturated carbocycles. The maximum atomic E-state index is 13.2. The SMILES string of the molecule is CNc1nc(-c2ccc(F)c(C)c2)ncc1C(=O)O. The van der Waals surface area contributed by atoms with Gasteiger partial charge in [0.25, 0.3) is 0 Å². The summed E-state index contributed by atoms with van der Waals surface area (Å²) in [6, 6.07) is 4.50. The molecule has 0 unspecified atom stereocenters. The van der Waals surface area contributed by atoms with Gasteiger partial charge < -0.3 is 10.4 Å². The molecule has 0 aliphatic rings. The molecule has 98 valence electrons. The van der Waals surface area contributed by atoms with E-state index in [1.165, 1.54) is 12.3 Å². The lowest BCUT2D eigenvalue weighted by Crippen LogP contribution is -2.07. The lowest BCUT2D eigenvalue weighted by atomic mass is 10.1. The predicted molar refractivity (Wildman–Crippen MR) is 68.7 cm³/mol. The van der Waals surface area contributed by atoms with E-state index in [-0.39, 0.29) is 17.2 Å². The van der Waals surface area contributed by atoms with Crippen LogP contribution in [-0.4, -0.2) is 28.1 Å². The number of benzene rings is 1. The molecule has 2 aromatic rings. The first kappa shape index (κ1) is 12.9. The predicted octanol–water partition coefficient (Wildman–Crippen LogP) is 2.33. The number of aromatic carboxylic acids is 1. The minimum absolute atomic E-state index is 0.00918. The van der Waals surface area contributed by atoms with Gasteiger partial charge in [-0.15, -0.1) is 0 Å². The van der Waals surface area contributed by atoms with Gasteiger partial charge in [0.05, 0.1) is 0 Å². The lowest BCUT2D eigenvalue weighted by Gasteiger charge is -2.07. The summed E-state index contributed by atoms with van der Waals surface area (Å²) in [4.78, 5) is 19.1. The van der Waals surface area contributed by atoms with Crippen molar-refractivity contribution in [1.82, 2.24) is 9.97 Å². The number of hydrogen-bond donors (Lipinski definition) is 2. The van der Waals surface area contributed by atoms with Gasteiger partial charge in [-0.05, 0) is 30.7 Å². The number of anilines is 1. The van der Waals surface area contributed by atoms with Crippen molar-refractivity contribution in [3.05, 3.63) is 41.3 Å². The Morgan fingerprint density at radius 3 is 2.74 bits per heavy atom. The van der Waals surface area contributed by atoms with Crippen LogP contribution in [0.3, 0.4) is 0 Å². The van der Waals surface area contributed by atoms with Gasteiger partial charge >= 0.3 is 5.97 Å². The quantitative estimate of drug-likeness (QED) is 0.886. The highest BCUT2D eigenvalue weighted by Crippen LogP contribution is 2.21. The van der Waals surface area contributed by atoms with Crippen LogP contribution in [0.2, 0.25) is 0 Å². The van der Waals surface area contributed by atoms with E-state index in [1.807, 2.05) is 0 Å². The van der Waals surface area contributed by atoms with Crippen LogP contribution in [0.4, 0.5) is 10.2 Å². The number of aryl methyl sites for hydroxylation is 1. The number of carboxylic acid groups (broad SMARTS) is 1. The smallest absolute Gasteiger partial charge is 0.341 e. The third-order valence-electron chi connectivity index (χ3n) is 2.67. The normalized spacial score (nSPS) is 10.3. The molecule has 0 fully saturated rings. The molecule has 0 saturated heterocycles. The maximum Gasteiger partial charge on any atom is 0.341 e. The Balaban J connectivity index is 2.51. The third-order valence-corrected chi connectivity index (χ3v) is 2.67. The van der Waals surface area contributed by atoms with E-state index in [1.54, 1.807) is 26.1 Å². The zero-order valence-corrected chi connectivity index (χ0v) is 10.4. The Labute approximate surface area is 109 Å². The highest BCUT2D eigenvalue weighted by atomic mass is 19.1. The average Bonchev–Trinajstić information content (AvgIpc) is 2.41. The molecule has 1 heterocycles. The third kappa shape index (κ3) is 2.52. The number of rotatable bonds is 3. The topological polar surface area (TPSA) is 75.1 Å². The van der Waals surface area contributed by atoms with Gasteiger partial charge in [-0.3, -0.25) is 0 Å². The summed E-state index contributed by atoms with van der Waals surface area (Å²) in [5.41, 5.74) is 1.10. The van der Waals surface area contributed by atoms with Crippen molar-refractivity contribution in [3.63, 3.8) is 0 Å². The Hall–Kier alpha value is -2.50. The fraction of sp³-hybridized carbons (Fsp3) is 0.154. The van der Waals surface area contributed by atoms with Gasteiger partial charge in [0, 0.05) is 18.8 Å². The van der Waals surface area contributed by atoms with Crippen molar-refractivity contribution < 1.29 is 14.3 Å². The molecule has 0 bridgehead atoms. The largest absolute Gasteiger partial charge is 0.477 e. The van der Waals surface area contributed by atoms with Gasteiger partial charge in [-0.2, -0.15) is 0 Å². The number of halogens is 1. The highest BCUT2D eigenvalue weighted by molar-refractivity contribution is 5.93. The molecule has 19 heavy (non-hydrogen) atoms. The monoisotopic (exact) mass is 261 g/mol. The minimum Gasteiger partial charge on any atom is -0.477 e. The molecular formula is C13H12FN3O2. The van der Waals surface area contributed by atoms with Crippen molar-refractivity contribution in [3.8, 4) is 11.4 Å². The number of hydrogen-bond acceptors (Lipinski definition) is 4. The molecule has 0 aliphatic heterocycles. The van der Waals surface area contributed by atoms with Crippen molar-refractivity contribution in [2.45, 2.75) is 6.92 Å². The molecule has 1 aromatic heterocycles. The van der Waals surface area contributed by atoms with Crippen molar-refractivity contribution in [1.29, 1.82) is 0 Å². The molecule has 0 atom stereocenters. The van der Waals surface area contributed by atoms with Gasteiger partial charge in [0.15, 0.2) is 5.82 Å². The zero-order chi connectivity index (χ0) is 14.0. The number of carbonyl (C=O) groups is 1. The minimum atomic E-state index is -1.11. The summed E-state index contributed by atoms with van der Waals surface area (Å²) in [7, 11) is 1.58. The van der Waals surface area contributed by atoms with Crippen LogP contribution in [0.15, 0.2) is 24.4 Å². The highest BCUT2D eigenvalue weighted by Gasteiger charge is 2.13. The fourth-order valence-electron chi connectivity index (χ4n) is 1.65. The van der Waals surface area contributed by atoms with Crippen LogP contribution in [0, 0.1) is 12.7 Å². The maximum absolute atomic E-state index is 13.2. The van der Waals surface area contributed by atoms with Crippen LogP contribution < -0.4 is 5.32 Å². The Bertz CT molecular complexity index is 644. The Kier molecular flexibility index (Phi) is 3.41. The van der Waals surface area contributed by atoms with Crippen LogP contribution in [-0.2, 0) is 0 Å². The number of nitrogens with one attached hydrogen (secondary N) is 1. The summed E-state index contributed by atoms with van der Waals surface area (Å²) >= 11 is 0. The fourth-order valence-corrected chi connectivity index (χ4v) is 1.65. The number of carboxylic acids is 1. The van der Waals surface area contributed by atoms with E-state index in [9.17, 15) is 9.18 Å². The van der Waals surface area contributed by atoms with E-state index in [0.29, 0.717) is 17.0 Å². The first-order valence-corrected chi connectivity index (χ1v) is 5.57. The first-order valence-electron chi connectivity index (χ1n) is 5.57. The molecule has 0 spiro atoms. The molecule has 0 aliphatic carbocycles. The van der Waals surface area contributed by atoms with E-state index < -0.39 is 5.97 Å². The molecular weight excluding hydrogens is 249 g/mol. The summed E-state index contributed by atoms with van der Waals surface area (Å²) < 4.78 is 13.2. The molecule has 5 nitrogen and oxygen atoms in total. The summed E-state index contributed by atoms with van der Waals surface area (Å²) in [5, 5.41) is 11.7. The molecule has 2 N–H and O–H groups in total. The van der Waals surface area contributed by atoms with Gasteiger partial charge in [-0.25, -0.2) is 19.2 Å². The Morgan fingerprint density at radius 1 is 1.42 bits per heavy atom. The second-order valence-corrected chi connectivity index (χ2v) is 3.98. The van der Waals surface area contributed by atoms with Crippen LogP contribution >= 0.6 is 0 Å². The lowest BCUT2D eigenvalue weighted by molar-refractivity contribution is 0.0697. The van der Waals surface area contributed by atoms with Gasteiger partial charge in [-0.1, -0.05) is 0 Å². The van der Waals surface area contributed by atoms with Crippen LogP contribution in [0.25, 0.3) is 11.4 Å². The second kappa shape index (κ2) is 5.01. The summed E-state index contributed by atoms with van der Waals surface area (Å²) in [5.74, 6) is -0.845. The standard InChI is InChI=1S/C13H12FN3O2/c1-7-5-8(3-4-10(7)14)11-16-6-9(13(18)19)12(15-2)17-11/h3-6H,1-2H3,(H,18,19)(H,15,16,17). The van der Waals surface area contributed by atoms with Crippen LogP contribution in [0.5, 0.6) is 0 Å². The van der Waals surface area contributed by atoms with E-state index in [2.05, 4.69) is 15.3 Å². The average molecular weight is 261 g/mol. The van der Waals surface area contributed by atoms with E-state index in [0.717, 1.165) is 0 Å². The molecule has 0 radical (unpaired) electrons. The molecule has 1 aromatic carbocycles. The van der Waals surface area contributed by atoms with Crippen molar-refractivity contribution in [2.75, 3.05) is 12.4 Å². The van der Waals surface area contributed by atoms with Crippen LogP contribution in [0.1, 0.15) is 15.9 Å². The van der Waals surface area contributed by atoms with Gasteiger partial charge in [0.1, 0.15) is 17.2 Å². The molecule has 6 heteroatoms. The Morgan fingerprint density at radius 2 is 2.16 bits per heavy atom. The second-order valence-electron chi connectivity index (χ2n) is 3.98. The van der Waals surface area contributed by atoms with E-state index in [4.69, 9.17) is 5.11 Å². The number of nitrogens with zero attached hydrogens (tertiary/aromatic N) is 2. The molecule has 0 amide bonds. The van der Waals surface area contributed by atoms with Gasteiger partial charge in [0.2, 0.25) is 0 Å².